The van der Waals surface area contributed by atoms with E-state index >= 15 is 0 Å². The van der Waals surface area contributed by atoms with Crippen LogP contribution in [-0.2, 0) is 5.54 Å². The first-order valence-corrected chi connectivity index (χ1v) is 6.07. The third kappa shape index (κ3) is 1.83. The van der Waals surface area contributed by atoms with Crippen LogP contribution in [0.2, 0.25) is 0 Å². The fraction of sp³-hybridized carbons (Fsp3) is 0.417. The summed E-state index contributed by atoms with van der Waals surface area (Å²) in [6.07, 6.45) is -4.38. The molecule has 106 valence electrons. The molecule has 0 aliphatic heterocycles. The number of benzene rings is 1. The van der Waals surface area contributed by atoms with Crippen LogP contribution in [0.15, 0.2) is 18.2 Å². The third-order valence-corrected chi connectivity index (χ3v) is 3.48. The number of anilines is 1. The number of alkyl halides is 3. The maximum Gasteiger partial charge on any atom is 0.413 e. The van der Waals surface area contributed by atoms with E-state index in [4.69, 9.17) is 5.73 Å². The van der Waals surface area contributed by atoms with Crippen molar-refractivity contribution in [3.8, 4) is 11.4 Å². The number of hydrogen-bond donors (Lipinski definition) is 1. The molecule has 0 amide bonds. The predicted molar refractivity (Wildman–Crippen MR) is 65.7 cm³/mol. The molecule has 1 heterocycles. The lowest BCUT2D eigenvalue weighted by Crippen LogP contribution is -2.36. The van der Waals surface area contributed by atoms with Gasteiger partial charge in [0.1, 0.15) is 0 Å². The lowest BCUT2D eigenvalue weighted by atomic mass is 10.1. The van der Waals surface area contributed by atoms with E-state index in [9.17, 15) is 13.2 Å². The summed E-state index contributed by atoms with van der Waals surface area (Å²) in [5, 5.41) is 10.7. The van der Waals surface area contributed by atoms with Crippen molar-refractivity contribution < 1.29 is 13.2 Å². The summed E-state index contributed by atoms with van der Waals surface area (Å²) in [4.78, 5) is 0. The molecule has 2 N–H and O–H groups in total. The van der Waals surface area contributed by atoms with Crippen LogP contribution in [-0.4, -0.2) is 26.4 Å². The first-order chi connectivity index (χ1) is 9.33. The number of tetrazole rings is 1. The Morgan fingerprint density at radius 2 is 1.95 bits per heavy atom. The number of rotatable bonds is 2. The molecule has 1 aromatic carbocycles. The standard InChI is InChI=1S/C12H12F3N5/c1-7-4-8(6-9(16)5-7)10-17-18-19-20(10)11(2-3-11)12(13,14)15/h4-6H,2-3,16H2,1H3. The number of nitrogens with zero attached hydrogens (tertiary/aromatic N) is 4. The Kier molecular flexibility index (Phi) is 2.54. The average Bonchev–Trinajstić information content (AvgIpc) is 2.99. The van der Waals surface area contributed by atoms with Crippen LogP contribution in [0.25, 0.3) is 11.4 Å². The molecule has 0 spiro atoms. The second-order valence-electron chi connectivity index (χ2n) is 5.08. The SMILES string of the molecule is Cc1cc(N)cc(-c2nnnn2C2(C(F)(F)F)CC2)c1. The smallest absolute Gasteiger partial charge is 0.399 e. The molecule has 8 heteroatoms. The lowest BCUT2D eigenvalue weighted by molar-refractivity contribution is -0.182. The van der Waals surface area contributed by atoms with Crippen molar-refractivity contribution >= 4 is 5.69 Å². The van der Waals surface area contributed by atoms with E-state index in [0.717, 1.165) is 10.2 Å². The van der Waals surface area contributed by atoms with Crippen molar-refractivity contribution in [2.75, 3.05) is 5.73 Å². The van der Waals surface area contributed by atoms with E-state index < -0.39 is 11.7 Å². The Morgan fingerprint density at radius 1 is 1.25 bits per heavy atom. The van der Waals surface area contributed by atoms with Gasteiger partial charge in [-0.15, -0.1) is 5.10 Å². The van der Waals surface area contributed by atoms with Crippen LogP contribution in [0.1, 0.15) is 18.4 Å². The minimum Gasteiger partial charge on any atom is -0.399 e. The molecule has 0 radical (unpaired) electrons. The molecular formula is C12H12F3N5. The molecule has 1 aliphatic carbocycles. The van der Waals surface area contributed by atoms with E-state index in [-0.39, 0.29) is 18.7 Å². The van der Waals surface area contributed by atoms with Crippen molar-refractivity contribution in [1.29, 1.82) is 0 Å². The van der Waals surface area contributed by atoms with Crippen LogP contribution < -0.4 is 5.73 Å². The largest absolute Gasteiger partial charge is 0.413 e. The van der Waals surface area contributed by atoms with E-state index in [1.807, 2.05) is 6.92 Å². The van der Waals surface area contributed by atoms with E-state index in [1.54, 1.807) is 18.2 Å². The highest BCUT2D eigenvalue weighted by Crippen LogP contribution is 2.55. The molecular weight excluding hydrogens is 271 g/mol. The average molecular weight is 283 g/mol. The van der Waals surface area contributed by atoms with Gasteiger partial charge in [0, 0.05) is 11.3 Å². The van der Waals surface area contributed by atoms with Gasteiger partial charge in [-0.25, -0.2) is 4.68 Å². The van der Waals surface area contributed by atoms with Crippen LogP contribution >= 0.6 is 0 Å². The second kappa shape index (κ2) is 3.94. The molecule has 5 nitrogen and oxygen atoms in total. The van der Waals surface area contributed by atoms with Crippen molar-refractivity contribution in [2.45, 2.75) is 31.5 Å². The van der Waals surface area contributed by atoms with Crippen LogP contribution in [0.4, 0.5) is 18.9 Å². The number of halogens is 3. The summed E-state index contributed by atoms with van der Waals surface area (Å²) in [7, 11) is 0. The van der Waals surface area contributed by atoms with Crippen LogP contribution in [0.3, 0.4) is 0 Å². The quantitative estimate of drug-likeness (QED) is 0.858. The highest BCUT2D eigenvalue weighted by Gasteiger charge is 2.66. The minimum absolute atomic E-state index is 0.00413. The fourth-order valence-electron chi connectivity index (χ4n) is 2.33. The molecule has 0 unspecified atom stereocenters. The molecule has 20 heavy (non-hydrogen) atoms. The van der Waals surface area contributed by atoms with Gasteiger partial charge < -0.3 is 5.73 Å². The molecule has 2 aromatic rings. The van der Waals surface area contributed by atoms with Crippen molar-refractivity contribution in [2.24, 2.45) is 0 Å². The van der Waals surface area contributed by atoms with Gasteiger partial charge in [-0.3, -0.25) is 0 Å². The summed E-state index contributed by atoms with van der Waals surface area (Å²) in [5.41, 5.74) is 5.55. The van der Waals surface area contributed by atoms with Gasteiger partial charge in [0.15, 0.2) is 11.4 Å². The monoisotopic (exact) mass is 283 g/mol. The van der Waals surface area contributed by atoms with Crippen molar-refractivity contribution in [3.05, 3.63) is 23.8 Å². The predicted octanol–water partition coefficient (Wildman–Crippen LogP) is 2.28. The highest BCUT2D eigenvalue weighted by molar-refractivity contribution is 5.63. The van der Waals surface area contributed by atoms with Gasteiger partial charge in [-0.1, -0.05) is 0 Å². The third-order valence-electron chi connectivity index (χ3n) is 3.48. The zero-order valence-electron chi connectivity index (χ0n) is 10.6. The van der Waals surface area contributed by atoms with Crippen LogP contribution in [0.5, 0.6) is 0 Å². The number of hydrogen-bond acceptors (Lipinski definition) is 4. The number of nitrogen functional groups attached to an aromatic ring is 1. The zero-order valence-corrected chi connectivity index (χ0v) is 10.6. The Labute approximate surface area is 112 Å². The molecule has 1 aliphatic rings. The number of aryl methyl sites for hydroxylation is 1. The second-order valence-corrected chi connectivity index (χ2v) is 5.08. The summed E-state index contributed by atoms with van der Waals surface area (Å²) >= 11 is 0. The molecule has 1 fully saturated rings. The minimum atomic E-state index is -4.37. The molecule has 1 saturated carbocycles. The Balaban J connectivity index is 2.12. The summed E-state index contributed by atoms with van der Waals surface area (Å²) in [6, 6.07) is 5.01. The summed E-state index contributed by atoms with van der Waals surface area (Å²) in [5.74, 6) is 0.0928. The molecule has 3 rings (SSSR count). The van der Waals surface area contributed by atoms with E-state index in [1.165, 1.54) is 0 Å². The molecule has 0 bridgehead atoms. The Hall–Kier alpha value is -2.12. The maximum atomic E-state index is 13.2. The van der Waals surface area contributed by atoms with E-state index in [0.29, 0.717) is 11.3 Å². The number of aromatic nitrogens is 4. The van der Waals surface area contributed by atoms with Gasteiger partial charge in [-0.2, -0.15) is 13.2 Å². The summed E-state index contributed by atoms with van der Waals surface area (Å²) < 4.78 is 40.4. The Morgan fingerprint density at radius 3 is 2.50 bits per heavy atom. The molecule has 0 saturated heterocycles. The van der Waals surface area contributed by atoms with Crippen molar-refractivity contribution in [3.63, 3.8) is 0 Å². The first-order valence-electron chi connectivity index (χ1n) is 6.07. The first kappa shape index (κ1) is 12.9. The van der Waals surface area contributed by atoms with E-state index in [2.05, 4.69) is 15.5 Å². The van der Waals surface area contributed by atoms with Gasteiger partial charge in [0.2, 0.25) is 0 Å². The fourth-order valence-corrected chi connectivity index (χ4v) is 2.33. The van der Waals surface area contributed by atoms with Gasteiger partial charge in [0.05, 0.1) is 0 Å². The van der Waals surface area contributed by atoms with Gasteiger partial charge in [0.25, 0.3) is 0 Å². The molecule has 0 atom stereocenters. The summed E-state index contributed by atoms with van der Waals surface area (Å²) in [6.45, 7) is 1.81. The normalized spacial score (nSPS) is 17.2. The van der Waals surface area contributed by atoms with Crippen molar-refractivity contribution in [1.82, 2.24) is 20.2 Å². The lowest BCUT2D eigenvalue weighted by Gasteiger charge is -2.20. The zero-order chi connectivity index (χ0) is 14.5. The topological polar surface area (TPSA) is 69.6 Å². The highest BCUT2D eigenvalue weighted by atomic mass is 19.4. The molecule has 1 aromatic heterocycles. The van der Waals surface area contributed by atoms with Gasteiger partial charge in [-0.05, 0) is 54.0 Å². The van der Waals surface area contributed by atoms with Gasteiger partial charge >= 0.3 is 6.18 Å². The number of nitrogens with two attached hydrogens (primary N) is 1. The maximum absolute atomic E-state index is 13.2. The Bertz CT molecular complexity index is 637. The van der Waals surface area contributed by atoms with Crippen LogP contribution in [0, 0.1) is 6.92 Å².